The third kappa shape index (κ3) is 3.44. The molecule has 2 aromatic rings. The topological polar surface area (TPSA) is 84.6 Å². The monoisotopic (exact) mass is 413 g/mol. The molecule has 128 valence electrons. The van der Waals surface area contributed by atoms with Gasteiger partial charge in [-0.15, -0.1) is 0 Å². The van der Waals surface area contributed by atoms with E-state index < -0.39 is 12.1 Å². The molecule has 1 aliphatic heterocycles. The molecule has 1 aromatic heterocycles. The van der Waals surface area contributed by atoms with Crippen LogP contribution in [-0.4, -0.2) is 51.6 Å². The van der Waals surface area contributed by atoms with Crippen LogP contribution in [0, 0.1) is 4.77 Å². The predicted octanol–water partition coefficient (Wildman–Crippen LogP) is 0.519. The largest absolute Gasteiger partial charge is 0.465 e. The van der Waals surface area contributed by atoms with Crippen LogP contribution in [0.4, 0.5) is 0 Å². The number of benzene rings is 1. The normalized spacial score (nSPS) is 23.4. The van der Waals surface area contributed by atoms with Crippen molar-refractivity contribution in [1.82, 2.24) is 14.8 Å². The second-order valence-corrected chi connectivity index (χ2v) is 6.97. The molecule has 1 saturated heterocycles. The van der Waals surface area contributed by atoms with E-state index in [-0.39, 0.29) is 5.97 Å². The van der Waals surface area contributed by atoms with E-state index in [4.69, 9.17) is 17.0 Å². The average Bonchev–Trinajstić information content (AvgIpc) is 3.10. The Hall–Kier alpha value is -1.55. The predicted molar refractivity (Wildman–Crippen MR) is 92.8 cm³/mol. The highest BCUT2D eigenvalue weighted by Crippen LogP contribution is 2.24. The summed E-state index contributed by atoms with van der Waals surface area (Å²) in [6.45, 7) is 0.873. The van der Waals surface area contributed by atoms with E-state index in [1.165, 1.54) is 7.11 Å². The van der Waals surface area contributed by atoms with Crippen LogP contribution in [-0.2, 0) is 16.2 Å². The SMILES string of the molecule is COC(=O)[C@@H]1C[C@@H](O)C[NH+]1Cn1[nH]c(-c2ccccc2Br)nc1=S. The number of aromatic nitrogens is 3. The summed E-state index contributed by atoms with van der Waals surface area (Å²) >= 11 is 8.82. The number of hydrogen-bond donors (Lipinski definition) is 3. The number of rotatable bonds is 4. The lowest BCUT2D eigenvalue weighted by molar-refractivity contribution is -0.928. The number of hydrogen-bond acceptors (Lipinski definition) is 5. The molecule has 1 aromatic carbocycles. The van der Waals surface area contributed by atoms with E-state index >= 15 is 0 Å². The molecule has 0 spiro atoms. The quantitative estimate of drug-likeness (QED) is 0.502. The van der Waals surface area contributed by atoms with E-state index in [0.717, 1.165) is 14.9 Å². The van der Waals surface area contributed by atoms with Gasteiger partial charge in [0.25, 0.3) is 0 Å². The Morgan fingerprint density at radius 3 is 3.04 bits per heavy atom. The Kier molecular flexibility index (Phi) is 5.14. The number of likely N-dealkylation sites (tertiary alicyclic amines) is 1. The lowest BCUT2D eigenvalue weighted by Crippen LogP contribution is -3.14. The minimum Gasteiger partial charge on any atom is -0.465 e. The van der Waals surface area contributed by atoms with Crippen LogP contribution < -0.4 is 4.90 Å². The maximum Gasteiger partial charge on any atom is 0.364 e. The van der Waals surface area contributed by atoms with Gasteiger partial charge in [-0.2, -0.15) is 4.98 Å². The van der Waals surface area contributed by atoms with Crippen molar-refractivity contribution in [3.63, 3.8) is 0 Å². The Balaban J connectivity index is 1.85. The number of methoxy groups -OCH3 is 1. The number of aliphatic hydroxyl groups is 1. The molecule has 1 aliphatic rings. The molecule has 0 radical (unpaired) electrons. The summed E-state index contributed by atoms with van der Waals surface area (Å²) in [6.07, 6.45) is -0.135. The number of carbonyl (C=O) groups excluding carboxylic acids is 1. The molecule has 3 rings (SSSR count). The molecule has 0 saturated carbocycles. The van der Waals surface area contributed by atoms with Crippen molar-refractivity contribution < 1.29 is 19.5 Å². The minimum absolute atomic E-state index is 0.321. The highest BCUT2D eigenvalue weighted by atomic mass is 79.9. The number of esters is 1. The van der Waals surface area contributed by atoms with Crippen molar-refractivity contribution >= 4 is 34.1 Å². The Morgan fingerprint density at radius 1 is 1.58 bits per heavy atom. The van der Waals surface area contributed by atoms with Gasteiger partial charge in [-0.25, -0.2) is 9.48 Å². The van der Waals surface area contributed by atoms with Crippen molar-refractivity contribution in [3.05, 3.63) is 33.5 Å². The Labute approximate surface area is 152 Å². The first-order valence-corrected chi connectivity index (χ1v) is 8.72. The molecule has 24 heavy (non-hydrogen) atoms. The zero-order valence-corrected chi connectivity index (χ0v) is 15.4. The minimum atomic E-state index is -0.524. The fraction of sp³-hybridized carbons (Fsp3) is 0.400. The second-order valence-electron chi connectivity index (χ2n) is 5.75. The maximum atomic E-state index is 11.9. The number of H-pyrrole nitrogens is 1. The lowest BCUT2D eigenvalue weighted by Gasteiger charge is -2.19. The van der Waals surface area contributed by atoms with Gasteiger partial charge in [0.15, 0.2) is 18.5 Å². The van der Waals surface area contributed by atoms with Gasteiger partial charge in [-0.05, 0) is 18.3 Å². The molecule has 7 nitrogen and oxygen atoms in total. The van der Waals surface area contributed by atoms with Crippen molar-refractivity contribution in [2.75, 3.05) is 13.7 Å². The number of halogens is 1. The molecule has 0 amide bonds. The third-order valence-corrected chi connectivity index (χ3v) is 5.16. The highest BCUT2D eigenvalue weighted by molar-refractivity contribution is 9.10. The van der Waals surface area contributed by atoms with Crippen LogP contribution in [0.2, 0.25) is 0 Å². The van der Waals surface area contributed by atoms with Gasteiger partial charge in [-0.3, -0.25) is 5.10 Å². The fourth-order valence-electron chi connectivity index (χ4n) is 2.99. The van der Waals surface area contributed by atoms with Gasteiger partial charge in [-0.1, -0.05) is 34.1 Å². The molecule has 9 heteroatoms. The van der Waals surface area contributed by atoms with Crippen molar-refractivity contribution in [2.45, 2.75) is 25.2 Å². The van der Waals surface area contributed by atoms with E-state index in [0.29, 0.717) is 30.2 Å². The van der Waals surface area contributed by atoms with Gasteiger partial charge < -0.3 is 14.7 Å². The number of nitrogens with one attached hydrogen (secondary N) is 2. The van der Waals surface area contributed by atoms with Crippen LogP contribution in [0.3, 0.4) is 0 Å². The molecule has 0 aliphatic carbocycles. The Morgan fingerprint density at radius 2 is 2.33 bits per heavy atom. The van der Waals surface area contributed by atoms with E-state index in [2.05, 4.69) is 26.0 Å². The first kappa shape index (κ1) is 17.3. The number of aliphatic hydroxyl groups excluding tert-OH is 1. The summed E-state index contributed by atoms with van der Waals surface area (Å²) in [4.78, 5) is 17.2. The zero-order valence-electron chi connectivity index (χ0n) is 13.0. The van der Waals surface area contributed by atoms with Gasteiger partial charge in [0.05, 0.1) is 7.11 Å². The molecule has 3 atom stereocenters. The van der Waals surface area contributed by atoms with Gasteiger partial charge in [0.2, 0.25) is 4.77 Å². The molecule has 0 bridgehead atoms. The molecule has 2 heterocycles. The molecule has 1 fully saturated rings. The van der Waals surface area contributed by atoms with Crippen LogP contribution in [0.1, 0.15) is 6.42 Å². The van der Waals surface area contributed by atoms with Crippen LogP contribution in [0.5, 0.6) is 0 Å². The van der Waals surface area contributed by atoms with Gasteiger partial charge in [0.1, 0.15) is 12.6 Å². The van der Waals surface area contributed by atoms with Gasteiger partial charge >= 0.3 is 5.97 Å². The second kappa shape index (κ2) is 7.14. The maximum absolute atomic E-state index is 11.9. The highest BCUT2D eigenvalue weighted by Gasteiger charge is 2.41. The van der Waals surface area contributed by atoms with E-state index in [9.17, 15) is 9.90 Å². The third-order valence-electron chi connectivity index (χ3n) is 4.15. The van der Waals surface area contributed by atoms with Gasteiger partial charge in [0, 0.05) is 16.5 Å². The molecular weight excluding hydrogens is 396 g/mol. The number of quaternary nitrogens is 1. The number of nitrogens with zero attached hydrogens (tertiary/aromatic N) is 2. The van der Waals surface area contributed by atoms with E-state index in [1.54, 1.807) is 4.68 Å². The molecule has 3 N–H and O–H groups in total. The molecular formula is C15H18BrN4O3S+. The van der Waals surface area contributed by atoms with Crippen LogP contribution in [0.25, 0.3) is 11.4 Å². The van der Waals surface area contributed by atoms with E-state index in [1.807, 2.05) is 24.3 Å². The summed E-state index contributed by atoms with van der Waals surface area (Å²) in [6, 6.07) is 7.32. The number of aromatic amines is 1. The summed E-state index contributed by atoms with van der Waals surface area (Å²) in [5.41, 5.74) is 0.906. The van der Waals surface area contributed by atoms with Crippen molar-refractivity contribution in [3.8, 4) is 11.4 Å². The smallest absolute Gasteiger partial charge is 0.364 e. The standard InChI is InChI=1S/C15H17BrN4O3S/c1-23-14(22)12-6-9(21)7-19(12)8-20-15(24)17-13(18-20)10-4-2-3-5-11(10)16/h2-5,9,12,21H,6-8H2,1H3,(H,17,18,24)/p+1/t9-,12+/m1/s1. The lowest BCUT2D eigenvalue weighted by atomic mass is 10.2. The number of ether oxygens (including phenoxy) is 1. The van der Waals surface area contributed by atoms with Crippen molar-refractivity contribution in [1.29, 1.82) is 0 Å². The Bertz CT molecular complexity index is 806. The van der Waals surface area contributed by atoms with Crippen LogP contribution >= 0.6 is 28.1 Å². The average molecular weight is 414 g/mol. The summed E-state index contributed by atoms with van der Waals surface area (Å²) in [7, 11) is 1.36. The zero-order chi connectivity index (χ0) is 17.3. The molecule has 1 unspecified atom stereocenters. The van der Waals surface area contributed by atoms with Crippen LogP contribution in [0.15, 0.2) is 28.7 Å². The first-order valence-electron chi connectivity index (χ1n) is 7.52. The summed E-state index contributed by atoms with van der Waals surface area (Å²) in [5.74, 6) is 0.333. The first-order chi connectivity index (χ1) is 11.5. The number of carbonyl (C=O) groups is 1. The van der Waals surface area contributed by atoms with Crippen molar-refractivity contribution in [2.24, 2.45) is 0 Å². The fourth-order valence-corrected chi connectivity index (χ4v) is 3.66. The summed E-state index contributed by atoms with van der Waals surface area (Å²) in [5, 5.41) is 13.1. The summed E-state index contributed by atoms with van der Waals surface area (Å²) < 4.78 is 7.86.